The number of nitrogens with one attached hydrogen (secondary N) is 2. The average Bonchev–Trinajstić information content (AvgIpc) is 3.07. The Hall–Kier alpha value is -3.18. The molecule has 0 saturated carbocycles. The Morgan fingerprint density at radius 2 is 2.30 bits per heavy atom. The number of nitriles is 1. The molecular weight excluding hydrogens is 400 g/mol. The molecule has 0 saturated heterocycles. The van der Waals surface area contributed by atoms with Crippen LogP contribution in [0, 0.1) is 17.2 Å². The number of hydrogen-bond acceptors (Lipinski definition) is 6. The summed E-state index contributed by atoms with van der Waals surface area (Å²) < 4.78 is 5.31. The van der Waals surface area contributed by atoms with E-state index in [2.05, 4.69) is 21.7 Å². The van der Waals surface area contributed by atoms with Crippen molar-refractivity contribution < 1.29 is 14.3 Å². The van der Waals surface area contributed by atoms with E-state index in [9.17, 15) is 14.9 Å². The normalized spacial score (nSPS) is 15.5. The molecule has 2 aromatic heterocycles. The number of carbonyl (C=O) groups is 2. The van der Waals surface area contributed by atoms with Gasteiger partial charge in [0.1, 0.15) is 11.1 Å². The Morgan fingerprint density at radius 3 is 3.00 bits per heavy atom. The molecule has 156 valence electrons. The van der Waals surface area contributed by atoms with Crippen LogP contribution in [0.1, 0.15) is 41.8 Å². The van der Waals surface area contributed by atoms with E-state index >= 15 is 0 Å². The summed E-state index contributed by atoms with van der Waals surface area (Å²) in [4.78, 5) is 29.1. The van der Waals surface area contributed by atoms with Gasteiger partial charge in [-0.2, -0.15) is 5.26 Å². The molecule has 8 heteroatoms. The SMILES string of the molecule is CC(C)NC(=O)OCC1CCc2c(sc(NC(=O)/C=C/c3cccnc3)c2C#N)C1. The lowest BCUT2D eigenvalue weighted by Gasteiger charge is -2.22. The van der Waals surface area contributed by atoms with E-state index < -0.39 is 6.09 Å². The van der Waals surface area contributed by atoms with Gasteiger partial charge in [-0.25, -0.2) is 4.79 Å². The second kappa shape index (κ2) is 10.0. The summed E-state index contributed by atoms with van der Waals surface area (Å²) in [6, 6.07) is 5.92. The molecule has 0 spiro atoms. The van der Waals surface area contributed by atoms with Gasteiger partial charge in [-0.15, -0.1) is 11.3 Å². The number of rotatable bonds is 6. The molecule has 2 amide bonds. The van der Waals surface area contributed by atoms with Crippen molar-refractivity contribution in [3.8, 4) is 6.07 Å². The predicted molar refractivity (Wildman–Crippen MR) is 116 cm³/mol. The number of fused-ring (bicyclic) bond motifs is 1. The number of aromatic nitrogens is 1. The molecule has 1 aliphatic rings. The largest absolute Gasteiger partial charge is 0.449 e. The summed E-state index contributed by atoms with van der Waals surface area (Å²) in [5.74, 6) is -0.0891. The summed E-state index contributed by atoms with van der Waals surface area (Å²) in [6.45, 7) is 4.10. The molecule has 0 radical (unpaired) electrons. The summed E-state index contributed by atoms with van der Waals surface area (Å²) in [5.41, 5.74) is 2.36. The van der Waals surface area contributed by atoms with Crippen LogP contribution < -0.4 is 10.6 Å². The number of amides is 2. The second-order valence-corrected chi connectivity index (χ2v) is 8.54. The minimum absolute atomic E-state index is 0.0318. The smallest absolute Gasteiger partial charge is 0.407 e. The number of anilines is 1. The number of carbonyl (C=O) groups excluding carboxylic acids is 2. The Bertz CT molecular complexity index is 976. The highest BCUT2D eigenvalue weighted by atomic mass is 32.1. The fourth-order valence-electron chi connectivity index (χ4n) is 3.27. The molecule has 0 bridgehead atoms. The lowest BCUT2D eigenvalue weighted by molar-refractivity contribution is -0.111. The van der Waals surface area contributed by atoms with Crippen LogP contribution in [0.25, 0.3) is 6.08 Å². The van der Waals surface area contributed by atoms with Crippen LogP contribution >= 0.6 is 11.3 Å². The van der Waals surface area contributed by atoms with Gasteiger partial charge in [0.25, 0.3) is 0 Å². The number of hydrogen-bond donors (Lipinski definition) is 2. The molecule has 30 heavy (non-hydrogen) atoms. The molecule has 0 fully saturated rings. The van der Waals surface area contributed by atoms with E-state index in [-0.39, 0.29) is 17.9 Å². The third kappa shape index (κ3) is 5.67. The molecular formula is C22H24N4O3S. The van der Waals surface area contributed by atoms with Crippen molar-refractivity contribution in [2.24, 2.45) is 5.92 Å². The van der Waals surface area contributed by atoms with Crippen molar-refractivity contribution in [2.75, 3.05) is 11.9 Å². The van der Waals surface area contributed by atoms with Crippen LogP contribution in [0.4, 0.5) is 9.80 Å². The van der Waals surface area contributed by atoms with E-state index in [1.165, 1.54) is 17.4 Å². The lowest BCUT2D eigenvalue weighted by atomic mass is 9.88. The maximum absolute atomic E-state index is 12.3. The van der Waals surface area contributed by atoms with Gasteiger partial charge in [0.05, 0.1) is 12.2 Å². The monoisotopic (exact) mass is 424 g/mol. The highest BCUT2D eigenvalue weighted by Crippen LogP contribution is 2.39. The van der Waals surface area contributed by atoms with Crippen molar-refractivity contribution in [1.29, 1.82) is 5.26 Å². The Balaban J connectivity index is 1.63. The molecule has 7 nitrogen and oxygen atoms in total. The first-order chi connectivity index (χ1) is 14.5. The van der Waals surface area contributed by atoms with E-state index in [1.54, 1.807) is 24.5 Å². The maximum atomic E-state index is 12.3. The summed E-state index contributed by atoms with van der Waals surface area (Å²) in [7, 11) is 0. The zero-order chi connectivity index (χ0) is 21.5. The standard InChI is InChI=1S/C22H24N4O3S/c1-14(2)25-22(28)29-13-16-5-7-17-18(11-23)21(30-19(17)10-16)26-20(27)8-6-15-4-3-9-24-12-15/h3-4,6,8-9,12,14,16H,5,7,10,13H2,1-2H3,(H,25,28)(H,26,27)/b8-6+. The molecule has 1 atom stereocenters. The molecule has 3 rings (SSSR count). The van der Waals surface area contributed by atoms with Crippen molar-refractivity contribution in [2.45, 2.75) is 39.2 Å². The third-order valence-corrected chi connectivity index (χ3v) is 5.85. The number of alkyl carbamates (subject to hydrolysis) is 1. The van der Waals surface area contributed by atoms with Gasteiger partial charge >= 0.3 is 6.09 Å². The van der Waals surface area contributed by atoms with Gasteiger partial charge in [-0.3, -0.25) is 9.78 Å². The van der Waals surface area contributed by atoms with Crippen LogP contribution in [0.3, 0.4) is 0 Å². The van der Waals surface area contributed by atoms with Crippen molar-refractivity contribution in [3.63, 3.8) is 0 Å². The van der Waals surface area contributed by atoms with Crippen LogP contribution in [-0.2, 0) is 22.4 Å². The van der Waals surface area contributed by atoms with E-state index in [0.717, 1.165) is 35.3 Å². The Kier molecular flexibility index (Phi) is 7.20. The van der Waals surface area contributed by atoms with Gasteiger partial charge in [-0.05, 0) is 62.3 Å². The molecule has 1 unspecified atom stereocenters. The van der Waals surface area contributed by atoms with E-state index in [1.807, 2.05) is 19.9 Å². The second-order valence-electron chi connectivity index (χ2n) is 7.43. The van der Waals surface area contributed by atoms with Gasteiger partial charge < -0.3 is 15.4 Å². The van der Waals surface area contributed by atoms with Crippen LogP contribution in [0.2, 0.25) is 0 Å². The molecule has 0 aliphatic heterocycles. The number of pyridine rings is 1. The minimum atomic E-state index is -0.409. The zero-order valence-corrected chi connectivity index (χ0v) is 17.8. The van der Waals surface area contributed by atoms with Crippen molar-refractivity contribution in [1.82, 2.24) is 10.3 Å². The van der Waals surface area contributed by atoms with Crippen LogP contribution in [0.5, 0.6) is 0 Å². The molecule has 2 aromatic rings. The molecule has 1 aliphatic carbocycles. The summed E-state index contributed by atoms with van der Waals surface area (Å²) >= 11 is 1.43. The van der Waals surface area contributed by atoms with Crippen LogP contribution in [-0.4, -0.2) is 29.6 Å². The number of thiophene rings is 1. The zero-order valence-electron chi connectivity index (χ0n) is 17.0. The maximum Gasteiger partial charge on any atom is 0.407 e. The molecule has 2 heterocycles. The highest BCUT2D eigenvalue weighted by molar-refractivity contribution is 7.16. The Morgan fingerprint density at radius 1 is 1.47 bits per heavy atom. The molecule has 0 aromatic carbocycles. The summed E-state index contributed by atoms with van der Waals surface area (Å²) in [5, 5.41) is 15.7. The fourth-order valence-corrected chi connectivity index (χ4v) is 4.59. The minimum Gasteiger partial charge on any atom is -0.449 e. The van der Waals surface area contributed by atoms with E-state index in [4.69, 9.17) is 4.74 Å². The lowest BCUT2D eigenvalue weighted by Crippen LogP contribution is -2.32. The first kappa shape index (κ1) is 21.5. The topological polar surface area (TPSA) is 104 Å². The van der Waals surface area contributed by atoms with Crippen LogP contribution in [0.15, 0.2) is 30.6 Å². The predicted octanol–water partition coefficient (Wildman–Crippen LogP) is 3.91. The first-order valence-electron chi connectivity index (χ1n) is 9.83. The van der Waals surface area contributed by atoms with Gasteiger partial charge in [0, 0.05) is 29.4 Å². The highest BCUT2D eigenvalue weighted by Gasteiger charge is 2.27. The average molecular weight is 425 g/mol. The number of ether oxygens (including phenoxy) is 1. The van der Waals surface area contributed by atoms with E-state index in [0.29, 0.717) is 17.2 Å². The Labute approximate surface area is 179 Å². The van der Waals surface area contributed by atoms with Gasteiger partial charge in [0.15, 0.2) is 0 Å². The third-order valence-electron chi connectivity index (χ3n) is 4.68. The summed E-state index contributed by atoms with van der Waals surface area (Å²) in [6.07, 6.45) is 8.33. The fraction of sp³-hybridized carbons (Fsp3) is 0.364. The quantitative estimate of drug-likeness (QED) is 0.684. The first-order valence-corrected chi connectivity index (χ1v) is 10.6. The number of nitrogens with zero attached hydrogens (tertiary/aromatic N) is 2. The van der Waals surface area contributed by atoms with Crippen molar-refractivity contribution >= 4 is 34.4 Å². The molecule has 2 N–H and O–H groups in total. The van der Waals surface area contributed by atoms with Crippen molar-refractivity contribution in [3.05, 3.63) is 52.2 Å². The van der Waals surface area contributed by atoms with Gasteiger partial charge in [0.2, 0.25) is 5.91 Å². The van der Waals surface area contributed by atoms with Gasteiger partial charge in [-0.1, -0.05) is 6.07 Å².